The third-order valence-electron chi connectivity index (χ3n) is 4.71. The molecule has 4 rings (SSSR count). The number of aromatic amines is 1. The molecule has 0 saturated heterocycles. The number of nitriles is 1. The second-order valence-corrected chi connectivity index (χ2v) is 6.58. The molecule has 0 fully saturated rings. The Morgan fingerprint density at radius 3 is 2.36 bits per heavy atom. The summed E-state index contributed by atoms with van der Waals surface area (Å²) in [5.41, 5.74) is 6.13. The Bertz CT molecular complexity index is 1090. The highest BCUT2D eigenvalue weighted by atomic mass is 16.5. The van der Waals surface area contributed by atoms with Gasteiger partial charge in [-0.2, -0.15) is 5.26 Å². The van der Waals surface area contributed by atoms with Crippen LogP contribution >= 0.6 is 0 Å². The predicted molar refractivity (Wildman–Crippen MR) is 109 cm³/mol. The van der Waals surface area contributed by atoms with Gasteiger partial charge in [-0.3, -0.25) is 0 Å². The van der Waals surface area contributed by atoms with Crippen molar-refractivity contribution >= 4 is 0 Å². The fourth-order valence-electron chi connectivity index (χ4n) is 3.20. The molecule has 0 radical (unpaired) electrons. The van der Waals surface area contributed by atoms with Crippen molar-refractivity contribution in [2.75, 3.05) is 0 Å². The number of nitrogens with one attached hydrogen (secondary N) is 1. The Labute approximate surface area is 164 Å². The third-order valence-corrected chi connectivity index (χ3v) is 4.71. The molecular weight excluding hydrogens is 346 g/mol. The Hall–Kier alpha value is -3.84. The van der Waals surface area contributed by atoms with E-state index in [0.29, 0.717) is 11.3 Å². The molecule has 3 aromatic carbocycles. The van der Waals surface area contributed by atoms with Gasteiger partial charge in [-0.1, -0.05) is 48.5 Å². The van der Waals surface area contributed by atoms with Crippen LogP contribution in [0.1, 0.15) is 28.5 Å². The monoisotopic (exact) mass is 365 g/mol. The lowest BCUT2D eigenvalue weighted by Gasteiger charge is -2.19. The minimum Gasteiger partial charge on any atom is -0.479 e. The number of nitrogens with zero attached hydrogens (tertiary/aromatic N) is 2. The zero-order chi connectivity index (χ0) is 19.3. The minimum absolute atomic E-state index is 0.318. The van der Waals surface area contributed by atoms with Crippen LogP contribution in [0.5, 0.6) is 5.75 Å². The van der Waals surface area contributed by atoms with Crippen LogP contribution in [0, 0.1) is 18.3 Å². The lowest BCUT2D eigenvalue weighted by molar-refractivity contribution is 0.243. The summed E-state index contributed by atoms with van der Waals surface area (Å²) < 4.78 is 6.23. The van der Waals surface area contributed by atoms with E-state index in [1.165, 1.54) is 16.7 Å². The largest absolute Gasteiger partial charge is 0.479 e. The molecule has 28 heavy (non-hydrogen) atoms. The van der Waals surface area contributed by atoms with Gasteiger partial charge in [-0.25, -0.2) is 4.98 Å². The molecule has 4 heteroatoms. The molecule has 4 aromatic rings. The number of imidazole rings is 1. The SMILES string of the molecule is Cc1ccccc1-c1ccc(C(Oc2ccc(C#N)cc2)c2cnc[nH]2)cc1. The minimum atomic E-state index is -0.318. The van der Waals surface area contributed by atoms with E-state index < -0.39 is 0 Å². The summed E-state index contributed by atoms with van der Waals surface area (Å²) in [5, 5.41) is 8.97. The van der Waals surface area contributed by atoms with Crippen molar-refractivity contribution in [1.29, 1.82) is 5.26 Å². The smallest absolute Gasteiger partial charge is 0.165 e. The number of benzene rings is 3. The van der Waals surface area contributed by atoms with Gasteiger partial charge in [0.05, 0.1) is 29.9 Å². The van der Waals surface area contributed by atoms with E-state index in [4.69, 9.17) is 10.00 Å². The van der Waals surface area contributed by atoms with Gasteiger partial charge in [0.1, 0.15) is 5.75 Å². The van der Waals surface area contributed by atoms with Crippen LogP contribution in [0.4, 0.5) is 0 Å². The van der Waals surface area contributed by atoms with Crippen molar-refractivity contribution in [1.82, 2.24) is 9.97 Å². The van der Waals surface area contributed by atoms with Crippen molar-refractivity contribution < 1.29 is 4.74 Å². The standard InChI is InChI=1S/C24H19N3O/c1-17-4-2-3-5-22(17)19-8-10-20(11-9-19)24(23-15-26-16-27-23)28-21-12-6-18(14-25)7-13-21/h2-13,15-16,24H,1H3,(H,26,27). The topological polar surface area (TPSA) is 61.7 Å². The molecule has 4 nitrogen and oxygen atoms in total. The van der Waals surface area contributed by atoms with E-state index in [0.717, 1.165) is 11.3 Å². The maximum absolute atomic E-state index is 8.97. The maximum Gasteiger partial charge on any atom is 0.165 e. The summed E-state index contributed by atoms with van der Waals surface area (Å²) >= 11 is 0. The highest BCUT2D eigenvalue weighted by molar-refractivity contribution is 5.67. The average molecular weight is 365 g/mol. The Balaban J connectivity index is 1.65. The first-order chi connectivity index (χ1) is 13.7. The summed E-state index contributed by atoms with van der Waals surface area (Å²) in [6.45, 7) is 2.12. The van der Waals surface area contributed by atoms with Gasteiger partial charge in [0.25, 0.3) is 0 Å². The molecule has 1 N–H and O–H groups in total. The van der Waals surface area contributed by atoms with Gasteiger partial charge >= 0.3 is 0 Å². The number of aryl methyl sites for hydroxylation is 1. The first kappa shape index (κ1) is 17.6. The summed E-state index contributed by atoms with van der Waals surface area (Å²) in [7, 11) is 0. The van der Waals surface area contributed by atoms with Crippen molar-refractivity contribution in [3.63, 3.8) is 0 Å². The van der Waals surface area contributed by atoms with Crippen molar-refractivity contribution in [2.24, 2.45) is 0 Å². The van der Waals surface area contributed by atoms with Gasteiger partial charge in [0.2, 0.25) is 0 Å². The van der Waals surface area contributed by atoms with Gasteiger partial charge in [-0.15, -0.1) is 0 Å². The summed E-state index contributed by atoms with van der Waals surface area (Å²) in [6, 6.07) is 26.0. The average Bonchev–Trinajstić information content (AvgIpc) is 3.28. The van der Waals surface area contributed by atoms with Crippen LogP contribution in [-0.4, -0.2) is 9.97 Å². The fraction of sp³-hybridized carbons (Fsp3) is 0.0833. The van der Waals surface area contributed by atoms with Gasteiger partial charge in [-0.05, 0) is 53.4 Å². The van der Waals surface area contributed by atoms with Crippen molar-refractivity contribution in [3.05, 3.63) is 108 Å². The van der Waals surface area contributed by atoms with Crippen molar-refractivity contribution in [2.45, 2.75) is 13.0 Å². The molecule has 0 saturated carbocycles. The number of ether oxygens (including phenoxy) is 1. The Morgan fingerprint density at radius 2 is 1.71 bits per heavy atom. The van der Waals surface area contributed by atoms with E-state index in [1.807, 2.05) is 18.2 Å². The zero-order valence-electron chi connectivity index (χ0n) is 15.5. The molecule has 0 amide bonds. The lowest BCUT2D eigenvalue weighted by atomic mass is 9.98. The highest BCUT2D eigenvalue weighted by Gasteiger charge is 2.18. The molecule has 0 spiro atoms. The van der Waals surface area contributed by atoms with Crippen LogP contribution in [0.25, 0.3) is 11.1 Å². The van der Waals surface area contributed by atoms with Gasteiger partial charge in [0, 0.05) is 0 Å². The number of rotatable bonds is 5. The fourth-order valence-corrected chi connectivity index (χ4v) is 3.20. The Morgan fingerprint density at radius 1 is 0.964 bits per heavy atom. The van der Waals surface area contributed by atoms with Crippen LogP contribution < -0.4 is 4.74 Å². The number of hydrogen-bond donors (Lipinski definition) is 1. The number of H-pyrrole nitrogens is 1. The zero-order valence-corrected chi connectivity index (χ0v) is 15.5. The van der Waals surface area contributed by atoms with E-state index in [9.17, 15) is 0 Å². The number of aromatic nitrogens is 2. The normalized spacial score (nSPS) is 11.6. The van der Waals surface area contributed by atoms with E-state index in [-0.39, 0.29) is 6.10 Å². The molecule has 0 aliphatic heterocycles. The summed E-state index contributed by atoms with van der Waals surface area (Å²) in [6.07, 6.45) is 3.09. The summed E-state index contributed by atoms with van der Waals surface area (Å²) in [5.74, 6) is 0.696. The molecule has 136 valence electrons. The first-order valence-electron chi connectivity index (χ1n) is 9.05. The molecular formula is C24H19N3O. The second kappa shape index (κ2) is 7.81. The van der Waals surface area contributed by atoms with Crippen LogP contribution in [0.15, 0.2) is 85.3 Å². The molecule has 1 aromatic heterocycles. The lowest BCUT2D eigenvalue weighted by Crippen LogP contribution is -2.10. The predicted octanol–water partition coefficient (Wildman–Crippen LogP) is 5.43. The molecule has 0 aliphatic carbocycles. The molecule has 0 aliphatic rings. The molecule has 1 atom stereocenters. The molecule has 1 heterocycles. The molecule has 0 bridgehead atoms. The van der Waals surface area contributed by atoms with E-state index >= 15 is 0 Å². The third kappa shape index (κ3) is 3.65. The summed E-state index contributed by atoms with van der Waals surface area (Å²) in [4.78, 5) is 7.28. The number of hydrogen-bond acceptors (Lipinski definition) is 3. The van der Waals surface area contributed by atoms with Crippen LogP contribution in [0.3, 0.4) is 0 Å². The van der Waals surface area contributed by atoms with Crippen molar-refractivity contribution in [3.8, 4) is 22.9 Å². The van der Waals surface area contributed by atoms with E-state index in [1.54, 1.807) is 24.7 Å². The maximum atomic E-state index is 8.97. The van der Waals surface area contributed by atoms with Gasteiger partial charge in [0.15, 0.2) is 6.10 Å². The second-order valence-electron chi connectivity index (χ2n) is 6.58. The Kier molecular flexibility index (Phi) is 4.90. The highest BCUT2D eigenvalue weighted by Crippen LogP contribution is 2.30. The van der Waals surface area contributed by atoms with Gasteiger partial charge < -0.3 is 9.72 Å². The quantitative estimate of drug-likeness (QED) is 0.513. The van der Waals surface area contributed by atoms with Crippen LogP contribution in [0.2, 0.25) is 0 Å². The van der Waals surface area contributed by atoms with Crippen LogP contribution in [-0.2, 0) is 0 Å². The molecule has 1 unspecified atom stereocenters. The van der Waals surface area contributed by atoms with E-state index in [2.05, 4.69) is 65.4 Å². The first-order valence-corrected chi connectivity index (χ1v) is 9.05.